The van der Waals surface area contributed by atoms with Crippen LogP contribution < -0.4 is 5.32 Å². The van der Waals surface area contributed by atoms with Crippen molar-refractivity contribution in [2.45, 2.75) is 31.2 Å². The number of rotatable bonds is 5. The van der Waals surface area contributed by atoms with Gasteiger partial charge in [0.1, 0.15) is 17.2 Å². The van der Waals surface area contributed by atoms with Gasteiger partial charge < -0.3 is 5.32 Å². The van der Waals surface area contributed by atoms with Crippen LogP contribution in [0.2, 0.25) is 25.7 Å². The number of nitrogens with zero attached hydrogens (tertiary/aromatic N) is 1. The summed E-state index contributed by atoms with van der Waals surface area (Å²) in [6.45, 7) is 7.04. The zero-order valence-corrected chi connectivity index (χ0v) is 20.0. The zero-order valence-electron chi connectivity index (χ0n) is 19.0. The lowest BCUT2D eigenvalue weighted by atomic mass is 9.90. The van der Waals surface area contributed by atoms with E-state index in [-0.39, 0.29) is 11.6 Å². The molecule has 166 valence electrons. The van der Waals surface area contributed by atoms with Crippen LogP contribution in [-0.4, -0.2) is 13.8 Å². The van der Waals surface area contributed by atoms with Crippen molar-refractivity contribution < 1.29 is 8.78 Å². The molecular weight excluding hydrogens is 430 g/mol. The molecule has 1 atom stereocenters. The Balaban J connectivity index is 1.80. The highest BCUT2D eigenvalue weighted by Gasteiger charge is 2.48. The molecule has 0 unspecified atom stereocenters. The van der Waals surface area contributed by atoms with Crippen molar-refractivity contribution in [2.75, 3.05) is 5.32 Å². The number of anilines is 1. The van der Waals surface area contributed by atoms with Gasteiger partial charge in [0, 0.05) is 19.3 Å². The van der Waals surface area contributed by atoms with Crippen LogP contribution in [0.25, 0.3) is 10.8 Å². The first kappa shape index (κ1) is 21.5. The molecule has 0 bridgehead atoms. The van der Waals surface area contributed by atoms with Gasteiger partial charge in [0.15, 0.2) is 0 Å². The molecule has 0 saturated heterocycles. The highest BCUT2D eigenvalue weighted by Crippen LogP contribution is 2.48. The first-order chi connectivity index (χ1) is 15.7. The molecule has 5 heteroatoms. The highest BCUT2D eigenvalue weighted by molar-refractivity contribution is 6.76. The summed E-state index contributed by atoms with van der Waals surface area (Å²) in [6, 6.07) is 26.4. The molecule has 0 fully saturated rings. The first-order valence-corrected chi connectivity index (χ1v) is 14.9. The molecule has 0 aromatic heterocycles. The summed E-state index contributed by atoms with van der Waals surface area (Å²) >= 11 is 0. The number of nitrogens with one attached hydrogen (secondary N) is 1. The van der Waals surface area contributed by atoms with E-state index in [0.717, 1.165) is 28.4 Å². The molecule has 4 aromatic rings. The zero-order chi connectivity index (χ0) is 23.2. The van der Waals surface area contributed by atoms with Gasteiger partial charge in [-0.2, -0.15) is 0 Å². The number of hydrogen-bond donors (Lipinski definition) is 1. The van der Waals surface area contributed by atoms with E-state index in [1.54, 1.807) is 24.3 Å². The summed E-state index contributed by atoms with van der Waals surface area (Å²) in [4.78, 5) is 5.13. The Labute approximate surface area is 194 Å². The van der Waals surface area contributed by atoms with Crippen LogP contribution in [0.5, 0.6) is 0 Å². The monoisotopic (exact) mass is 456 g/mol. The summed E-state index contributed by atoms with van der Waals surface area (Å²) < 4.78 is 27.3. The lowest BCUT2D eigenvalue weighted by Crippen LogP contribution is -2.46. The lowest BCUT2D eigenvalue weighted by Gasteiger charge is -2.38. The van der Waals surface area contributed by atoms with Crippen LogP contribution in [-0.2, 0) is 5.54 Å². The van der Waals surface area contributed by atoms with Crippen molar-refractivity contribution in [2.24, 2.45) is 4.99 Å². The van der Waals surface area contributed by atoms with Gasteiger partial charge in [-0.15, -0.1) is 0 Å². The van der Waals surface area contributed by atoms with Crippen molar-refractivity contribution in [1.29, 1.82) is 0 Å². The molecule has 2 nitrogen and oxygen atoms in total. The first-order valence-electron chi connectivity index (χ1n) is 11.2. The maximum atomic E-state index is 13.7. The van der Waals surface area contributed by atoms with Crippen LogP contribution in [0, 0.1) is 11.6 Å². The van der Waals surface area contributed by atoms with Gasteiger partial charge in [0.05, 0.1) is 11.4 Å². The second-order valence-electron chi connectivity index (χ2n) is 9.92. The van der Waals surface area contributed by atoms with Crippen LogP contribution in [0.3, 0.4) is 0 Å². The fourth-order valence-corrected chi connectivity index (χ4v) is 7.01. The molecule has 0 spiro atoms. The van der Waals surface area contributed by atoms with Gasteiger partial charge in [0.25, 0.3) is 0 Å². The predicted octanol–water partition coefficient (Wildman–Crippen LogP) is 7.90. The fourth-order valence-electron chi connectivity index (χ4n) is 4.98. The third kappa shape index (κ3) is 3.98. The van der Waals surface area contributed by atoms with Crippen molar-refractivity contribution in [3.05, 3.63) is 108 Å². The average molecular weight is 457 g/mol. The molecule has 0 heterocycles. The molecule has 0 aliphatic heterocycles. The predicted molar refractivity (Wildman–Crippen MR) is 136 cm³/mol. The second-order valence-corrected chi connectivity index (χ2v) is 15.4. The maximum absolute atomic E-state index is 13.7. The van der Waals surface area contributed by atoms with Gasteiger partial charge in [-0.1, -0.05) is 56.0 Å². The van der Waals surface area contributed by atoms with E-state index in [1.807, 2.05) is 0 Å². The van der Waals surface area contributed by atoms with E-state index in [2.05, 4.69) is 61.4 Å². The van der Waals surface area contributed by atoms with Gasteiger partial charge in [-0.25, -0.2) is 13.8 Å². The fraction of sp³-hybridized carbons (Fsp3) is 0.179. The van der Waals surface area contributed by atoms with Gasteiger partial charge >= 0.3 is 0 Å². The Hall–Kier alpha value is -3.31. The second kappa shape index (κ2) is 7.92. The van der Waals surface area contributed by atoms with Crippen LogP contribution >= 0.6 is 0 Å². The van der Waals surface area contributed by atoms with Crippen LogP contribution in [0.4, 0.5) is 20.2 Å². The smallest absolute Gasteiger partial charge is 0.123 e. The molecule has 1 aliphatic carbocycles. The van der Waals surface area contributed by atoms with E-state index in [1.165, 1.54) is 35.2 Å². The molecule has 1 aliphatic rings. The third-order valence-corrected chi connectivity index (χ3v) is 7.68. The van der Waals surface area contributed by atoms with Gasteiger partial charge in [-0.3, -0.25) is 0 Å². The Morgan fingerprint density at radius 2 is 1.39 bits per heavy atom. The third-order valence-electron chi connectivity index (χ3n) is 6.09. The summed E-state index contributed by atoms with van der Waals surface area (Å²) in [7, 11) is -1.66. The minimum absolute atomic E-state index is 0.267. The van der Waals surface area contributed by atoms with Crippen LogP contribution in [0.15, 0.2) is 89.9 Å². The molecule has 33 heavy (non-hydrogen) atoms. The minimum atomic E-state index is -1.66. The summed E-state index contributed by atoms with van der Waals surface area (Å²) in [5.41, 5.74) is 4.15. The summed E-state index contributed by atoms with van der Waals surface area (Å²) in [5.74, 6) is -0.551. The van der Waals surface area contributed by atoms with Crippen molar-refractivity contribution in [3.8, 4) is 0 Å². The highest BCUT2D eigenvalue weighted by atomic mass is 28.3. The molecule has 5 rings (SSSR count). The van der Waals surface area contributed by atoms with E-state index in [4.69, 9.17) is 4.99 Å². The Morgan fingerprint density at radius 3 is 2.03 bits per heavy atom. The number of benzene rings is 4. The normalized spacial score (nSPS) is 18.8. The summed E-state index contributed by atoms with van der Waals surface area (Å²) in [5, 5.41) is 6.14. The van der Waals surface area contributed by atoms with E-state index < -0.39 is 13.6 Å². The Kier molecular flexibility index (Phi) is 5.17. The number of aliphatic imine (C=N–C) groups is 1. The maximum Gasteiger partial charge on any atom is 0.123 e. The quantitative estimate of drug-likeness (QED) is 0.303. The minimum Gasteiger partial charge on any atom is -0.370 e. The van der Waals surface area contributed by atoms with Crippen LogP contribution in [0.1, 0.15) is 11.1 Å². The van der Waals surface area contributed by atoms with E-state index >= 15 is 0 Å². The molecule has 0 radical (unpaired) electrons. The van der Waals surface area contributed by atoms with Crippen molar-refractivity contribution >= 4 is 35.9 Å². The van der Waals surface area contributed by atoms with Gasteiger partial charge in [0.2, 0.25) is 0 Å². The Morgan fingerprint density at radius 1 is 0.788 bits per heavy atom. The van der Waals surface area contributed by atoms with E-state index in [0.29, 0.717) is 5.69 Å². The van der Waals surface area contributed by atoms with E-state index in [9.17, 15) is 8.78 Å². The number of hydrogen-bond acceptors (Lipinski definition) is 2. The van der Waals surface area contributed by atoms with Gasteiger partial charge in [-0.05, 0) is 70.9 Å². The van der Waals surface area contributed by atoms with Crippen molar-refractivity contribution in [1.82, 2.24) is 0 Å². The Bertz CT molecular complexity index is 1350. The topological polar surface area (TPSA) is 24.4 Å². The number of halogens is 2. The SMILES string of the molecule is C[Si](C)(C)C[C@]1(Nc2ccc(F)cc2)C(=Nc2ccc(F)cc2)c2cccc3cccc1c23. The molecular formula is C28H26F2N2Si. The standard InChI is InChI=1S/C28H26F2N2Si/c1-33(2,3)18-28(32-23-16-12-21(30)13-17-23)25-9-5-7-19-6-4-8-24(26(19)25)27(28)31-22-14-10-20(29)11-15-22/h4-17,32H,18H2,1-3H3/t28-/m1/s1. The van der Waals surface area contributed by atoms with Crippen molar-refractivity contribution in [3.63, 3.8) is 0 Å². The molecule has 1 N–H and O–H groups in total. The molecule has 0 amide bonds. The molecule has 4 aromatic carbocycles. The molecule has 0 saturated carbocycles. The largest absolute Gasteiger partial charge is 0.370 e. The average Bonchev–Trinajstić information content (AvgIpc) is 3.01. The lowest BCUT2D eigenvalue weighted by molar-refractivity contribution is 0.627. The summed E-state index contributed by atoms with van der Waals surface area (Å²) in [6.07, 6.45) is 0.